The Bertz CT molecular complexity index is 1230. The van der Waals surface area contributed by atoms with E-state index in [9.17, 15) is 4.79 Å². The molecule has 0 atom stereocenters. The van der Waals surface area contributed by atoms with Crippen molar-refractivity contribution >= 4 is 0 Å². The van der Waals surface area contributed by atoms with Crippen LogP contribution in [0.15, 0.2) is 59.5 Å². The molecule has 7 nitrogen and oxygen atoms in total. The smallest absolute Gasteiger partial charge is 0.296 e. The van der Waals surface area contributed by atoms with Crippen molar-refractivity contribution in [1.82, 2.24) is 29.8 Å². The lowest BCUT2D eigenvalue weighted by Gasteiger charge is -2.22. The number of hydrogen-bond acceptors (Lipinski definition) is 4. The molecule has 1 saturated carbocycles. The summed E-state index contributed by atoms with van der Waals surface area (Å²) in [6.07, 6.45) is 8.90. The molecule has 0 spiro atoms. The van der Waals surface area contributed by atoms with E-state index in [4.69, 9.17) is 0 Å². The molecule has 0 unspecified atom stereocenters. The molecule has 0 amide bonds. The van der Waals surface area contributed by atoms with E-state index in [0.717, 1.165) is 47.2 Å². The van der Waals surface area contributed by atoms with E-state index in [1.807, 2.05) is 27.3 Å². The maximum atomic E-state index is 13.2. The van der Waals surface area contributed by atoms with Gasteiger partial charge in [0.05, 0.1) is 6.54 Å². The molecule has 2 aromatic carbocycles. The summed E-state index contributed by atoms with van der Waals surface area (Å²) in [5, 5.41) is 14.3. The minimum Gasteiger partial charge on any atom is -0.296 e. The van der Waals surface area contributed by atoms with E-state index in [2.05, 4.69) is 64.1 Å². The Kier molecular flexibility index (Phi) is 5.71. The first-order valence-corrected chi connectivity index (χ1v) is 11.5. The zero-order valence-electron chi connectivity index (χ0n) is 18.4. The molecule has 0 saturated heterocycles. The molecule has 0 radical (unpaired) electrons. The van der Waals surface area contributed by atoms with E-state index in [1.165, 1.54) is 19.3 Å². The number of aromatic nitrogens is 6. The zero-order chi connectivity index (χ0) is 21.9. The van der Waals surface area contributed by atoms with Crippen LogP contribution in [0.5, 0.6) is 0 Å². The van der Waals surface area contributed by atoms with Gasteiger partial charge >= 0.3 is 5.69 Å². The first-order valence-electron chi connectivity index (χ1n) is 11.5. The van der Waals surface area contributed by atoms with Crippen LogP contribution in [-0.2, 0) is 13.0 Å². The van der Waals surface area contributed by atoms with Crippen molar-refractivity contribution < 1.29 is 0 Å². The van der Waals surface area contributed by atoms with Crippen LogP contribution < -0.4 is 5.69 Å². The van der Waals surface area contributed by atoms with Crippen LogP contribution in [0.25, 0.3) is 22.5 Å². The lowest BCUT2D eigenvalue weighted by Crippen LogP contribution is -2.29. The molecule has 2 heterocycles. The third-order valence-electron chi connectivity index (χ3n) is 6.55. The van der Waals surface area contributed by atoms with Crippen LogP contribution in [0.3, 0.4) is 0 Å². The van der Waals surface area contributed by atoms with Crippen molar-refractivity contribution in [3.8, 4) is 22.5 Å². The number of aryl methyl sites for hydroxylation is 1. The largest absolute Gasteiger partial charge is 0.328 e. The number of nitrogens with zero attached hydrogens (tertiary/aromatic N) is 5. The van der Waals surface area contributed by atoms with Gasteiger partial charge in [-0.2, -0.15) is 0 Å². The van der Waals surface area contributed by atoms with Crippen molar-refractivity contribution in [3.05, 3.63) is 76.5 Å². The first-order chi connectivity index (χ1) is 15.7. The molecular weight excluding hydrogens is 400 g/mol. The lowest BCUT2D eigenvalue weighted by molar-refractivity contribution is 0.344. The van der Waals surface area contributed by atoms with Crippen LogP contribution in [0, 0.1) is 0 Å². The second-order valence-corrected chi connectivity index (χ2v) is 8.53. The van der Waals surface area contributed by atoms with E-state index in [1.54, 1.807) is 0 Å². The Morgan fingerprint density at radius 3 is 2.44 bits per heavy atom. The Hall–Kier alpha value is -3.48. The van der Waals surface area contributed by atoms with Gasteiger partial charge in [-0.1, -0.05) is 74.7 Å². The molecule has 1 aliphatic rings. The number of imidazole rings is 1. The quantitative estimate of drug-likeness (QED) is 0.486. The number of nitrogens with one attached hydrogen (secondary N) is 1. The van der Waals surface area contributed by atoms with E-state index in [0.29, 0.717) is 18.4 Å². The highest BCUT2D eigenvalue weighted by Gasteiger charge is 2.20. The molecular formula is C25H28N6O. The average Bonchev–Trinajstić information content (AvgIpc) is 3.49. The van der Waals surface area contributed by atoms with Gasteiger partial charge < -0.3 is 0 Å². The number of benzene rings is 2. The molecule has 32 heavy (non-hydrogen) atoms. The van der Waals surface area contributed by atoms with Gasteiger partial charge in [-0.15, -0.1) is 5.10 Å². The van der Waals surface area contributed by atoms with Gasteiger partial charge in [0.1, 0.15) is 0 Å². The zero-order valence-corrected chi connectivity index (χ0v) is 18.4. The Morgan fingerprint density at radius 2 is 1.75 bits per heavy atom. The summed E-state index contributed by atoms with van der Waals surface area (Å²) in [4.78, 5) is 13.2. The van der Waals surface area contributed by atoms with Crippen LogP contribution in [0.2, 0.25) is 0 Å². The van der Waals surface area contributed by atoms with E-state index < -0.39 is 0 Å². The molecule has 0 bridgehead atoms. The Morgan fingerprint density at radius 1 is 1.00 bits per heavy atom. The van der Waals surface area contributed by atoms with E-state index in [-0.39, 0.29) is 5.69 Å². The first kappa shape index (κ1) is 20.4. The fraction of sp³-hybridized carbons (Fsp3) is 0.360. The highest BCUT2D eigenvalue weighted by atomic mass is 16.1. The molecule has 1 fully saturated rings. The Balaban J connectivity index is 1.42. The van der Waals surface area contributed by atoms with Crippen molar-refractivity contribution in [2.24, 2.45) is 0 Å². The summed E-state index contributed by atoms with van der Waals surface area (Å²) < 4.78 is 3.94. The van der Waals surface area contributed by atoms with Gasteiger partial charge in [0.15, 0.2) is 5.82 Å². The van der Waals surface area contributed by atoms with E-state index >= 15 is 0 Å². The van der Waals surface area contributed by atoms with Gasteiger partial charge in [-0.3, -0.25) is 9.13 Å². The second-order valence-electron chi connectivity index (χ2n) is 8.53. The Labute approximate surface area is 187 Å². The van der Waals surface area contributed by atoms with Gasteiger partial charge in [0.2, 0.25) is 0 Å². The number of aromatic amines is 1. The van der Waals surface area contributed by atoms with Crippen LogP contribution in [-0.4, -0.2) is 29.8 Å². The molecule has 0 aliphatic heterocycles. The number of tetrazole rings is 1. The maximum Gasteiger partial charge on any atom is 0.328 e. The minimum absolute atomic E-state index is 0.126. The van der Waals surface area contributed by atoms with Gasteiger partial charge in [-0.25, -0.2) is 9.89 Å². The topological polar surface area (TPSA) is 81.4 Å². The monoisotopic (exact) mass is 428 g/mol. The summed E-state index contributed by atoms with van der Waals surface area (Å²) in [5.41, 5.74) is 5.45. The second kappa shape index (κ2) is 8.94. The molecule has 4 aromatic rings. The molecule has 1 aliphatic carbocycles. The summed E-state index contributed by atoms with van der Waals surface area (Å²) >= 11 is 0. The van der Waals surface area contributed by atoms with Crippen LogP contribution in [0.1, 0.15) is 56.3 Å². The predicted molar refractivity (Wildman–Crippen MR) is 124 cm³/mol. The molecule has 164 valence electrons. The standard InChI is InChI=1S/C25H28N6O/c1-2-20-17-31(21-8-4-3-5-9-21)25(32)30(20)16-18-12-14-19(15-13-18)22-10-6-7-11-23(22)24-26-28-29-27-24/h6-7,10-15,17,21H,2-5,8-9,16H2,1H3,(H,26,27,28,29). The third-order valence-corrected chi connectivity index (χ3v) is 6.55. The molecule has 5 rings (SSSR count). The van der Waals surface area contributed by atoms with Crippen molar-refractivity contribution in [2.45, 2.75) is 58.0 Å². The average molecular weight is 429 g/mol. The number of H-pyrrole nitrogens is 1. The normalized spacial score (nSPS) is 14.7. The molecule has 1 N–H and O–H groups in total. The van der Waals surface area contributed by atoms with Gasteiger partial charge in [-0.05, 0) is 46.4 Å². The lowest BCUT2D eigenvalue weighted by atomic mass is 9.95. The van der Waals surface area contributed by atoms with Crippen molar-refractivity contribution in [3.63, 3.8) is 0 Å². The number of hydrogen-bond donors (Lipinski definition) is 1. The summed E-state index contributed by atoms with van der Waals surface area (Å²) in [6, 6.07) is 16.8. The fourth-order valence-electron chi connectivity index (χ4n) is 4.81. The summed E-state index contributed by atoms with van der Waals surface area (Å²) in [5.74, 6) is 0.646. The third kappa shape index (κ3) is 3.90. The highest BCUT2D eigenvalue weighted by Crippen LogP contribution is 2.30. The molecule has 2 aromatic heterocycles. The summed E-state index contributed by atoms with van der Waals surface area (Å²) in [7, 11) is 0. The summed E-state index contributed by atoms with van der Waals surface area (Å²) in [6.45, 7) is 2.71. The van der Waals surface area contributed by atoms with Crippen molar-refractivity contribution in [1.29, 1.82) is 0 Å². The van der Waals surface area contributed by atoms with Crippen LogP contribution >= 0.6 is 0 Å². The van der Waals surface area contributed by atoms with Gasteiger partial charge in [0, 0.05) is 23.5 Å². The SMILES string of the molecule is CCc1cn(C2CCCCC2)c(=O)n1Cc1ccc(-c2ccccc2-c2nnn[nH]2)cc1. The number of rotatable bonds is 6. The minimum atomic E-state index is 0.126. The van der Waals surface area contributed by atoms with Crippen molar-refractivity contribution in [2.75, 3.05) is 0 Å². The molecule has 7 heteroatoms. The van der Waals surface area contributed by atoms with Gasteiger partial charge in [0.25, 0.3) is 0 Å². The maximum absolute atomic E-state index is 13.2. The predicted octanol–water partition coefficient (Wildman–Crippen LogP) is 4.61. The van der Waals surface area contributed by atoms with Crippen LogP contribution in [0.4, 0.5) is 0 Å². The highest BCUT2D eigenvalue weighted by molar-refractivity contribution is 5.80. The fourth-order valence-corrected chi connectivity index (χ4v) is 4.81.